The molecule has 4 aromatic rings. The molecule has 11 heteroatoms. The molecule has 4 amide bonds. The summed E-state index contributed by atoms with van der Waals surface area (Å²) < 4.78 is 21.7. The molecule has 45 heavy (non-hydrogen) atoms. The quantitative estimate of drug-likeness (QED) is 0.261. The van der Waals surface area contributed by atoms with Gasteiger partial charge in [-0.15, -0.1) is 0 Å². The van der Waals surface area contributed by atoms with Gasteiger partial charge in [-0.3, -0.25) is 9.59 Å². The van der Waals surface area contributed by atoms with Crippen LogP contribution in [0.25, 0.3) is 10.9 Å². The number of fused-ring (bicyclic) bond motifs is 2. The number of amides is 4. The Balaban J connectivity index is 1.36. The van der Waals surface area contributed by atoms with Crippen LogP contribution in [0.3, 0.4) is 0 Å². The Hall–Kier alpha value is -4.90. The van der Waals surface area contributed by atoms with Gasteiger partial charge in [-0.2, -0.15) is 0 Å². The Morgan fingerprint density at radius 3 is 2.53 bits per heavy atom. The lowest BCUT2D eigenvalue weighted by atomic mass is 9.99. The van der Waals surface area contributed by atoms with Crippen LogP contribution in [0.15, 0.2) is 72.9 Å². The highest BCUT2D eigenvalue weighted by atomic mass is 19.1. The summed E-state index contributed by atoms with van der Waals surface area (Å²) in [5.74, 6) is -0.861. The Kier molecular flexibility index (Phi) is 9.38. The van der Waals surface area contributed by atoms with Crippen LogP contribution in [0.4, 0.5) is 20.6 Å². The van der Waals surface area contributed by atoms with Gasteiger partial charge in [0.15, 0.2) is 0 Å². The Morgan fingerprint density at radius 2 is 1.80 bits per heavy atom. The van der Waals surface area contributed by atoms with Gasteiger partial charge in [0.2, 0.25) is 5.91 Å². The second kappa shape index (κ2) is 13.4. The molecule has 0 bridgehead atoms. The first kappa shape index (κ1) is 31.5. The molecule has 0 saturated heterocycles. The van der Waals surface area contributed by atoms with Gasteiger partial charge in [0, 0.05) is 55.0 Å². The van der Waals surface area contributed by atoms with E-state index < -0.39 is 24.0 Å². The summed E-state index contributed by atoms with van der Waals surface area (Å²) in [6.45, 7) is 3.91. The fourth-order valence-corrected chi connectivity index (χ4v) is 5.57. The number of benzene rings is 3. The van der Waals surface area contributed by atoms with Gasteiger partial charge in [0.25, 0.3) is 5.91 Å². The molecular formula is C34H38FN5O5. The lowest BCUT2D eigenvalue weighted by Crippen LogP contribution is -2.50. The first-order valence-corrected chi connectivity index (χ1v) is 14.9. The number of rotatable bonds is 8. The van der Waals surface area contributed by atoms with Gasteiger partial charge in [-0.05, 0) is 61.0 Å². The maximum atomic E-state index is 13.8. The molecule has 0 fully saturated rings. The predicted molar refractivity (Wildman–Crippen MR) is 171 cm³/mol. The summed E-state index contributed by atoms with van der Waals surface area (Å²) in [7, 11) is 3.57. The number of carbonyl (C=O) groups is 3. The number of anilines is 2. The highest BCUT2D eigenvalue weighted by Crippen LogP contribution is 2.31. The van der Waals surface area contributed by atoms with E-state index in [-0.39, 0.29) is 49.4 Å². The number of halogens is 1. The van der Waals surface area contributed by atoms with Crippen molar-refractivity contribution in [2.45, 2.75) is 32.4 Å². The molecule has 0 unspecified atom stereocenters. The number of aryl methyl sites for hydroxylation is 1. The Bertz CT molecular complexity index is 1710. The number of nitrogens with one attached hydrogen (secondary N) is 2. The van der Waals surface area contributed by atoms with E-state index in [4.69, 9.17) is 4.74 Å². The number of aliphatic hydroxyl groups is 1. The van der Waals surface area contributed by atoms with Crippen LogP contribution in [0.5, 0.6) is 5.75 Å². The average molecular weight is 616 g/mol. The number of likely N-dealkylation sites (N-methyl/N-ethyl adjacent to an activating group) is 1. The average Bonchev–Trinajstić information content (AvgIpc) is 3.34. The SMILES string of the molecule is C[C@H]1CN([C@@H](C)CO)C(=O)c2cc(NC(=O)Cc3cn(C)c4ccccc34)ccc2O[C@@H]1CN(C)C(=O)Nc1ccc(F)cc1. The lowest BCUT2D eigenvalue weighted by Gasteiger charge is -2.38. The number of para-hydroxylation sites is 1. The van der Waals surface area contributed by atoms with Crippen LogP contribution in [0.1, 0.15) is 29.8 Å². The smallest absolute Gasteiger partial charge is 0.321 e. The first-order chi connectivity index (χ1) is 21.5. The van der Waals surface area contributed by atoms with Crippen molar-refractivity contribution in [2.75, 3.05) is 37.4 Å². The van der Waals surface area contributed by atoms with E-state index in [1.54, 1.807) is 37.1 Å². The van der Waals surface area contributed by atoms with Crippen molar-refractivity contribution in [3.05, 3.63) is 89.9 Å². The Labute approximate surface area is 261 Å². The third kappa shape index (κ3) is 7.09. The first-order valence-electron chi connectivity index (χ1n) is 14.9. The topological polar surface area (TPSA) is 116 Å². The van der Waals surface area contributed by atoms with Crippen molar-refractivity contribution in [2.24, 2.45) is 13.0 Å². The number of carbonyl (C=O) groups excluding carboxylic acids is 3. The van der Waals surface area contributed by atoms with E-state index >= 15 is 0 Å². The number of aliphatic hydroxyl groups excluding tert-OH is 1. The normalized spacial score (nSPS) is 17.1. The molecule has 0 spiro atoms. The predicted octanol–water partition coefficient (Wildman–Crippen LogP) is 4.88. The van der Waals surface area contributed by atoms with E-state index in [2.05, 4.69) is 10.6 Å². The molecule has 0 radical (unpaired) electrons. The van der Waals surface area contributed by atoms with Crippen LogP contribution < -0.4 is 15.4 Å². The van der Waals surface area contributed by atoms with Gasteiger partial charge >= 0.3 is 6.03 Å². The van der Waals surface area contributed by atoms with E-state index in [0.717, 1.165) is 16.5 Å². The second-order valence-corrected chi connectivity index (χ2v) is 11.7. The molecule has 10 nitrogen and oxygen atoms in total. The fraction of sp³-hybridized carbons (Fsp3) is 0.324. The van der Waals surface area contributed by atoms with Crippen molar-refractivity contribution in [3.8, 4) is 5.75 Å². The van der Waals surface area contributed by atoms with E-state index in [1.165, 1.54) is 29.2 Å². The molecular weight excluding hydrogens is 577 g/mol. The molecule has 1 aliphatic heterocycles. The third-order valence-electron chi connectivity index (χ3n) is 8.18. The van der Waals surface area contributed by atoms with Crippen molar-refractivity contribution in [3.63, 3.8) is 0 Å². The van der Waals surface area contributed by atoms with Gasteiger partial charge < -0.3 is 34.8 Å². The zero-order chi connectivity index (χ0) is 32.2. The maximum absolute atomic E-state index is 13.8. The van der Waals surface area contributed by atoms with Crippen molar-refractivity contribution in [1.29, 1.82) is 0 Å². The number of aromatic nitrogens is 1. The zero-order valence-corrected chi connectivity index (χ0v) is 25.8. The molecule has 3 aromatic carbocycles. The summed E-state index contributed by atoms with van der Waals surface area (Å²) >= 11 is 0. The van der Waals surface area contributed by atoms with E-state index in [9.17, 15) is 23.9 Å². The number of hydrogen-bond donors (Lipinski definition) is 3. The summed E-state index contributed by atoms with van der Waals surface area (Å²) in [5.41, 5.74) is 3.06. The molecule has 2 heterocycles. The highest BCUT2D eigenvalue weighted by molar-refractivity contribution is 6.01. The van der Waals surface area contributed by atoms with Crippen LogP contribution >= 0.6 is 0 Å². The Morgan fingerprint density at radius 1 is 1.09 bits per heavy atom. The van der Waals surface area contributed by atoms with Crippen LogP contribution in [0.2, 0.25) is 0 Å². The third-order valence-corrected chi connectivity index (χ3v) is 8.18. The molecule has 0 saturated carbocycles. The molecule has 1 aromatic heterocycles. The minimum Gasteiger partial charge on any atom is -0.487 e. The van der Waals surface area contributed by atoms with Crippen molar-refractivity contribution in [1.82, 2.24) is 14.4 Å². The zero-order valence-electron chi connectivity index (χ0n) is 25.8. The van der Waals surface area contributed by atoms with Crippen LogP contribution in [0, 0.1) is 11.7 Å². The molecule has 3 N–H and O–H groups in total. The molecule has 1 aliphatic rings. The summed E-state index contributed by atoms with van der Waals surface area (Å²) in [5, 5.41) is 16.6. The maximum Gasteiger partial charge on any atom is 0.321 e. The number of hydrogen-bond acceptors (Lipinski definition) is 5. The monoisotopic (exact) mass is 615 g/mol. The molecule has 0 aliphatic carbocycles. The number of nitrogens with zero attached hydrogens (tertiary/aromatic N) is 3. The molecule has 5 rings (SSSR count). The van der Waals surface area contributed by atoms with E-state index in [0.29, 0.717) is 17.1 Å². The van der Waals surface area contributed by atoms with Crippen molar-refractivity contribution < 1.29 is 28.6 Å². The van der Waals surface area contributed by atoms with E-state index in [1.807, 2.05) is 49.0 Å². The summed E-state index contributed by atoms with van der Waals surface area (Å²) in [4.78, 5) is 42.9. The van der Waals surface area contributed by atoms with Gasteiger partial charge in [0.1, 0.15) is 17.7 Å². The lowest BCUT2D eigenvalue weighted by molar-refractivity contribution is -0.115. The largest absolute Gasteiger partial charge is 0.487 e. The van der Waals surface area contributed by atoms with Gasteiger partial charge in [-0.1, -0.05) is 25.1 Å². The fourth-order valence-electron chi connectivity index (χ4n) is 5.57. The minimum absolute atomic E-state index is 0.155. The molecule has 3 atom stereocenters. The standard InChI is InChI=1S/C34H38FN5O5/c1-21-17-40(22(2)20-41)33(43)28-16-26(36-32(42)15-23-18-38(3)29-8-6-5-7-27(23)29)13-14-30(28)45-31(21)19-39(4)34(44)37-25-11-9-24(35)10-12-25/h5-14,16,18,21-22,31,41H,15,17,19-20H2,1-4H3,(H,36,42)(H,37,44)/t21-,22-,31+/m0/s1. The summed E-state index contributed by atoms with van der Waals surface area (Å²) in [6.07, 6.45) is 1.58. The van der Waals surface area contributed by atoms with Gasteiger partial charge in [-0.25, -0.2) is 9.18 Å². The van der Waals surface area contributed by atoms with Gasteiger partial charge in [0.05, 0.1) is 31.2 Å². The molecule has 236 valence electrons. The second-order valence-electron chi connectivity index (χ2n) is 11.7. The van der Waals surface area contributed by atoms with Crippen LogP contribution in [-0.4, -0.2) is 76.2 Å². The number of urea groups is 1. The number of ether oxygens (including phenoxy) is 1. The minimum atomic E-state index is -0.513. The highest BCUT2D eigenvalue weighted by Gasteiger charge is 2.34. The summed E-state index contributed by atoms with van der Waals surface area (Å²) in [6, 6.07) is 17.4. The van der Waals surface area contributed by atoms with Crippen LogP contribution in [-0.2, 0) is 18.3 Å². The van der Waals surface area contributed by atoms with Crippen molar-refractivity contribution >= 4 is 40.1 Å².